The maximum atomic E-state index is 15.0. The maximum Gasteiger partial charge on any atom is 0.491 e. The van der Waals surface area contributed by atoms with Gasteiger partial charge in [0.2, 0.25) is 5.95 Å². The number of nitrogens with one attached hydrogen (secondary N) is 3. The van der Waals surface area contributed by atoms with Crippen molar-refractivity contribution in [2.45, 2.75) is 6.18 Å². The first-order chi connectivity index (χ1) is 20.4. The van der Waals surface area contributed by atoms with E-state index >= 15 is 0 Å². The number of aryl methyl sites for hydroxylation is 2. The third kappa shape index (κ3) is 6.45. The van der Waals surface area contributed by atoms with E-state index in [1.165, 1.54) is 6.07 Å². The van der Waals surface area contributed by atoms with Gasteiger partial charge in [-0.3, -0.25) is 9.48 Å². The van der Waals surface area contributed by atoms with E-state index in [9.17, 15) is 27.2 Å². The maximum absolute atomic E-state index is 15.0. The lowest BCUT2D eigenvalue weighted by atomic mass is 10.1. The van der Waals surface area contributed by atoms with Gasteiger partial charge in [0.05, 0.1) is 17.6 Å². The largest absolute Gasteiger partial charge is 0.491 e. The molecule has 0 aliphatic carbocycles. The molecule has 0 saturated heterocycles. The molecule has 0 saturated carbocycles. The molecule has 0 unspecified atom stereocenters. The monoisotopic (exact) mass is 594 g/mol. The molecule has 0 spiro atoms. The van der Waals surface area contributed by atoms with Crippen molar-refractivity contribution in [1.29, 1.82) is 0 Å². The SMILES string of the molecule is C=C(OC(=O)C(F)(F)F)C(=O)Nc1ccc(F)c(Nc2nc(Nc3cnn(C)c3)ncc2-c2ccc3c(ccn3C)c2)c1. The summed E-state index contributed by atoms with van der Waals surface area (Å²) in [5, 5.41) is 13.2. The summed E-state index contributed by atoms with van der Waals surface area (Å²) in [6.07, 6.45) is 1.43. The summed E-state index contributed by atoms with van der Waals surface area (Å²) in [7, 11) is 3.66. The molecule has 5 rings (SSSR count). The van der Waals surface area contributed by atoms with Gasteiger partial charge >= 0.3 is 12.1 Å². The van der Waals surface area contributed by atoms with Gasteiger partial charge in [-0.15, -0.1) is 0 Å². The third-order valence-electron chi connectivity index (χ3n) is 6.12. The summed E-state index contributed by atoms with van der Waals surface area (Å²) in [5.74, 6) is -5.30. The lowest BCUT2D eigenvalue weighted by Crippen LogP contribution is -2.28. The summed E-state index contributed by atoms with van der Waals surface area (Å²) in [6, 6.07) is 11.0. The predicted molar refractivity (Wildman–Crippen MR) is 150 cm³/mol. The molecule has 0 radical (unpaired) electrons. The first-order valence-electron chi connectivity index (χ1n) is 12.4. The first-order valence-corrected chi connectivity index (χ1v) is 12.4. The Balaban J connectivity index is 1.46. The quantitative estimate of drug-likeness (QED) is 0.0924. The number of carbonyl (C=O) groups is 2. The van der Waals surface area contributed by atoms with E-state index < -0.39 is 29.6 Å². The van der Waals surface area contributed by atoms with Crippen molar-refractivity contribution in [1.82, 2.24) is 24.3 Å². The average molecular weight is 595 g/mol. The Hall–Kier alpha value is -5.73. The van der Waals surface area contributed by atoms with Gasteiger partial charge in [0.15, 0.2) is 5.76 Å². The molecule has 3 aromatic heterocycles. The van der Waals surface area contributed by atoms with Crippen molar-refractivity contribution in [3.63, 3.8) is 0 Å². The minimum Gasteiger partial charge on any atom is -0.415 e. The number of anilines is 5. The van der Waals surface area contributed by atoms with Crippen molar-refractivity contribution < 1.29 is 31.9 Å². The lowest BCUT2D eigenvalue weighted by molar-refractivity contribution is -0.195. The molecule has 220 valence electrons. The van der Waals surface area contributed by atoms with Crippen molar-refractivity contribution in [2.75, 3.05) is 16.0 Å². The van der Waals surface area contributed by atoms with Crippen LogP contribution in [0.4, 0.5) is 46.4 Å². The number of hydrogen-bond acceptors (Lipinski definition) is 8. The first kappa shape index (κ1) is 28.8. The van der Waals surface area contributed by atoms with Gasteiger partial charge in [-0.2, -0.15) is 23.3 Å². The van der Waals surface area contributed by atoms with E-state index in [2.05, 4.69) is 42.3 Å². The van der Waals surface area contributed by atoms with Crippen LogP contribution in [0.15, 0.2) is 79.6 Å². The van der Waals surface area contributed by atoms with Crippen molar-refractivity contribution in [2.24, 2.45) is 14.1 Å². The van der Waals surface area contributed by atoms with Crippen LogP contribution in [0, 0.1) is 5.82 Å². The van der Waals surface area contributed by atoms with Gasteiger partial charge in [0.1, 0.15) is 11.6 Å². The second-order valence-electron chi connectivity index (χ2n) is 9.27. The van der Waals surface area contributed by atoms with Crippen LogP contribution in [0.2, 0.25) is 0 Å². The third-order valence-corrected chi connectivity index (χ3v) is 6.12. The Labute approximate surface area is 240 Å². The number of fused-ring (bicyclic) bond motifs is 1. The average Bonchev–Trinajstić information content (AvgIpc) is 3.54. The fourth-order valence-corrected chi connectivity index (χ4v) is 4.06. The number of ether oxygens (including phenoxy) is 1. The Morgan fingerprint density at radius 2 is 1.79 bits per heavy atom. The highest BCUT2D eigenvalue weighted by Gasteiger charge is 2.42. The standard InChI is InChI=1S/C28H22F4N8O3/c1-15(43-26(42)28(30,31)32)25(41)35-18-5-6-21(29)22(11-18)37-24-20(16-4-7-23-17(10-16)8-9-39(23)2)13-33-27(38-24)36-19-12-34-40(3)14-19/h4-14H,1H2,2-3H3,(H,35,41)(H2,33,36,37,38). The van der Waals surface area contributed by atoms with E-state index in [1.54, 1.807) is 30.3 Å². The number of aromatic nitrogens is 5. The van der Waals surface area contributed by atoms with Gasteiger partial charge in [0, 0.05) is 54.8 Å². The van der Waals surface area contributed by atoms with E-state index in [0.29, 0.717) is 11.3 Å². The van der Waals surface area contributed by atoms with E-state index in [1.807, 2.05) is 42.1 Å². The zero-order chi connectivity index (χ0) is 30.9. The summed E-state index contributed by atoms with van der Waals surface area (Å²) >= 11 is 0. The van der Waals surface area contributed by atoms with Crippen LogP contribution in [-0.2, 0) is 28.4 Å². The highest BCUT2D eigenvalue weighted by molar-refractivity contribution is 6.03. The zero-order valence-electron chi connectivity index (χ0n) is 22.5. The molecular weight excluding hydrogens is 572 g/mol. The van der Waals surface area contributed by atoms with Crippen LogP contribution in [0.1, 0.15) is 0 Å². The second kappa shape index (κ2) is 11.3. The minimum atomic E-state index is -5.32. The summed E-state index contributed by atoms with van der Waals surface area (Å²) in [4.78, 5) is 32.3. The highest BCUT2D eigenvalue weighted by atomic mass is 19.4. The van der Waals surface area contributed by atoms with Crippen LogP contribution in [-0.4, -0.2) is 42.4 Å². The normalized spacial score (nSPS) is 11.3. The van der Waals surface area contributed by atoms with Crippen LogP contribution in [0.3, 0.4) is 0 Å². The van der Waals surface area contributed by atoms with E-state index in [4.69, 9.17) is 0 Å². The summed E-state index contributed by atoms with van der Waals surface area (Å²) in [5.41, 5.74) is 2.67. The molecule has 15 heteroatoms. The minimum absolute atomic E-state index is 0.0341. The fourth-order valence-electron chi connectivity index (χ4n) is 4.06. The molecule has 0 atom stereocenters. The zero-order valence-corrected chi connectivity index (χ0v) is 22.5. The predicted octanol–water partition coefficient (Wildman–Crippen LogP) is 5.55. The molecule has 0 aliphatic rings. The number of esters is 1. The Morgan fingerprint density at radius 1 is 1.00 bits per heavy atom. The molecular formula is C28H22F4N8O3. The molecule has 0 fully saturated rings. The van der Waals surface area contributed by atoms with Gasteiger partial charge in [-0.05, 0) is 42.0 Å². The topological polar surface area (TPSA) is 128 Å². The van der Waals surface area contributed by atoms with E-state index in [0.717, 1.165) is 28.6 Å². The highest BCUT2D eigenvalue weighted by Crippen LogP contribution is 2.33. The van der Waals surface area contributed by atoms with Crippen LogP contribution >= 0.6 is 0 Å². The summed E-state index contributed by atoms with van der Waals surface area (Å²) in [6.45, 7) is 3.05. The second-order valence-corrected chi connectivity index (χ2v) is 9.27. The lowest BCUT2D eigenvalue weighted by Gasteiger charge is -2.15. The molecule has 0 bridgehead atoms. The van der Waals surface area contributed by atoms with Crippen LogP contribution in [0.5, 0.6) is 0 Å². The number of carbonyl (C=O) groups excluding carboxylic acids is 2. The van der Waals surface area contributed by atoms with Crippen LogP contribution in [0.25, 0.3) is 22.0 Å². The summed E-state index contributed by atoms with van der Waals surface area (Å²) < 4.78 is 59.9. The molecule has 3 N–H and O–H groups in total. The number of nitrogens with zero attached hydrogens (tertiary/aromatic N) is 5. The number of rotatable bonds is 8. The molecule has 0 aliphatic heterocycles. The molecule has 1 amide bonds. The Morgan fingerprint density at radius 3 is 2.51 bits per heavy atom. The van der Waals surface area contributed by atoms with Gasteiger partial charge in [-0.1, -0.05) is 12.6 Å². The smallest absolute Gasteiger partial charge is 0.415 e. The fraction of sp³-hybridized carbons (Fsp3) is 0.107. The molecule has 11 nitrogen and oxygen atoms in total. The number of hydrogen-bond donors (Lipinski definition) is 3. The number of alkyl halides is 3. The van der Waals surface area contributed by atoms with Crippen LogP contribution < -0.4 is 16.0 Å². The molecule has 43 heavy (non-hydrogen) atoms. The molecule has 5 aromatic rings. The van der Waals surface area contributed by atoms with E-state index in [-0.39, 0.29) is 23.1 Å². The molecule has 2 aromatic carbocycles. The number of amides is 1. The van der Waals surface area contributed by atoms with Gasteiger partial charge in [0.25, 0.3) is 5.91 Å². The van der Waals surface area contributed by atoms with Crippen molar-refractivity contribution in [3.05, 3.63) is 85.4 Å². The Kier molecular flexibility index (Phi) is 7.55. The van der Waals surface area contributed by atoms with Crippen molar-refractivity contribution in [3.8, 4) is 11.1 Å². The Bertz CT molecular complexity index is 1880. The number of halogens is 4. The number of benzene rings is 2. The van der Waals surface area contributed by atoms with Gasteiger partial charge < -0.3 is 25.3 Å². The van der Waals surface area contributed by atoms with Crippen molar-refractivity contribution >= 4 is 51.6 Å². The van der Waals surface area contributed by atoms with Gasteiger partial charge in [-0.25, -0.2) is 14.2 Å². The molecule has 3 heterocycles.